The molecule has 3 aromatic rings. The summed E-state index contributed by atoms with van der Waals surface area (Å²) in [5.41, 5.74) is 0.631. The number of rotatable bonds is 6. The first-order valence-electron chi connectivity index (χ1n) is 7.46. The number of halogens is 1. The molecule has 0 saturated heterocycles. The number of benzene rings is 1. The van der Waals surface area contributed by atoms with Gasteiger partial charge >= 0.3 is 6.01 Å². The highest BCUT2D eigenvalue weighted by molar-refractivity contribution is 7.91. The van der Waals surface area contributed by atoms with Crippen molar-refractivity contribution in [1.82, 2.24) is 15.2 Å². The fraction of sp³-hybridized carbons (Fsp3) is 0.125. The van der Waals surface area contributed by atoms with E-state index in [-0.39, 0.29) is 23.2 Å². The maximum Gasteiger partial charge on any atom is 0.322 e. The molecule has 2 aromatic heterocycles. The van der Waals surface area contributed by atoms with Gasteiger partial charge in [0, 0.05) is 24.4 Å². The summed E-state index contributed by atoms with van der Waals surface area (Å²) in [7, 11) is -3.70. The minimum absolute atomic E-state index is 0.0514. The van der Waals surface area contributed by atoms with Crippen LogP contribution in [0.15, 0.2) is 58.1 Å². The van der Waals surface area contributed by atoms with E-state index in [1.165, 1.54) is 0 Å². The lowest BCUT2D eigenvalue weighted by molar-refractivity contribution is -0.115. The Bertz CT molecular complexity index is 1000. The van der Waals surface area contributed by atoms with Crippen LogP contribution in [-0.2, 0) is 14.6 Å². The number of aromatic nitrogens is 3. The number of pyridine rings is 1. The number of sulfone groups is 1. The number of hydrogen-bond acceptors (Lipinski definition) is 7. The molecule has 10 heteroatoms. The van der Waals surface area contributed by atoms with Gasteiger partial charge in [-0.25, -0.2) is 12.8 Å². The summed E-state index contributed by atoms with van der Waals surface area (Å²) < 4.78 is 42.4. The van der Waals surface area contributed by atoms with Crippen molar-refractivity contribution in [2.75, 3.05) is 11.1 Å². The molecule has 0 radical (unpaired) electrons. The van der Waals surface area contributed by atoms with Crippen LogP contribution in [0, 0.1) is 5.82 Å². The molecule has 2 heterocycles. The van der Waals surface area contributed by atoms with E-state index in [0.29, 0.717) is 5.56 Å². The Labute approximate surface area is 148 Å². The van der Waals surface area contributed by atoms with E-state index in [1.807, 2.05) is 0 Å². The molecule has 1 N–H and O–H groups in total. The van der Waals surface area contributed by atoms with Gasteiger partial charge in [0.1, 0.15) is 5.82 Å². The maximum absolute atomic E-state index is 12.9. The van der Waals surface area contributed by atoms with Crippen molar-refractivity contribution < 1.29 is 22.0 Å². The summed E-state index contributed by atoms with van der Waals surface area (Å²) in [6.07, 6.45) is 2.79. The summed E-state index contributed by atoms with van der Waals surface area (Å²) >= 11 is 0. The second-order valence-electron chi connectivity index (χ2n) is 5.22. The Balaban J connectivity index is 1.59. The van der Waals surface area contributed by atoms with Crippen LogP contribution < -0.4 is 5.32 Å². The summed E-state index contributed by atoms with van der Waals surface area (Å²) in [5, 5.41) is 9.82. The monoisotopic (exact) mass is 376 g/mol. The smallest absolute Gasteiger partial charge is 0.322 e. The molecule has 1 aromatic carbocycles. The molecule has 134 valence electrons. The molecule has 0 aliphatic heterocycles. The summed E-state index contributed by atoms with van der Waals surface area (Å²) in [4.78, 5) is 15.7. The maximum atomic E-state index is 12.9. The first kappa shape index (κ1) is 17.7. The third kappa shape index (κ3) is 4.28. The number of nitrogens with one attached hydrogen (secondary N) is 1. The predicted octanol–water partition coefficient (Wildman–Crippen LogP) is 2.07. The van der Waals surface area contributed by atoms with Gasteiger partial charge in [0.25, 0.3) is 0 Å². The molecule has 0 aliphatic rings. The Morgan fingerprint density at radius 1 is 1.08 bits per heavy atom. The Morgan fingerprint density at radius 3 is 2.46 bits per heavy atom. The van der Waals surface area contributed by atoms with Gasteiger partial charge in [-0.2, -0.15) is 0 Å². The van der Waals surface area contributed by atoms with Crippen molar-refractivity contribution in [3.8, 4) is 11.5 Å². The second-order valence-corrected chi connectivity index (χ2v) is 7.33. The lowest BCUT2D eigenvalue weighted by Gasteiger charge is -2.04. The van der Waals surface area contributed by atoms with Crippen LogP contribution in [0.1, 0.15) is 6.42 Å². The van der Waals surface area contributed by atoms with E-state index >= 15 is 0 Å². The zero-order valence-electron chi connectivity index (χ0n) is 13.3. The quantitative estimate of drug-likeness (QED) is 0.655. The van der Waals surface area contributed by atoms with Crippen LogP contribution in [0.25, 0.3) is 11.5 Å². The van der Waals surface area contributed by atoms with Crippen LogP contribution in [0.2, 0.25) is 0 Å². The van der Waals surface area contributed by atoms with Crippen LogP contribution in [0.3, 0.4) is 0 Å². The van der Waals surface area contributed by atoms with Gasteiger partial charge in [-0.15, -0.1) is 5.10 Å². The van der Waals surface area contributed by atoms with Crippen LogP contribution in [0.4, 0.5) is 10.4 Å². The molecule has 8 nitrogen and oxygen atoms in total. The molecule has 0 spiro atoms. The van der Waals surface area contributed by atoms with E-state index in [2.05, 4.69) is 20.5 Å². The zero-order valence-corrected chi connectivity index (χ0v) is 14.1. The standard InChI is InChI=1S/C16H13FN4O4S/c17-12-1-3-13(4-2-12)26(23,24)10-7-14(22)19-16-21-20-15(25-16)11-5-8-18-9-6-11/h1-6,8-9H,7,10H2,(H,19,21,22). The van der Waals surface area contributed by atoms with Gasteiger partial charge in [-0.05, 0) is 36.4 Å². The van der Waals surface area contributed by atoms with E-state index in [4.69, 9.17) is 4.42 Å². The average Bonchev–Trinajstić information content (AvgIpc) is 3.10. The molecule has 0 bridgehead atoms. The van der Waals surface area contributed by atoms with Crippen LogP contribution in [-0.4, -0.2) is 35.3 Å². The van der Waals surface area contributed by atoms with Crippen molar-refractivity contribution in [2.24, 2.45) is 0 Å². The Morgan fingerprint density at radius 2 is 1.77 bits per heavy atom. The van der Waals surface area contributed by atoms with Gasteiger partial charge in [0.15, 0.2) is 9.84 Å². The third-order valence-corrected chi connectivity index (χ3v) is 5.10. The molecule has 0 aliphatic carbocycles. The second kappa shape index (κ2) is 7.40. The number of nitrogens with zero attached hydrogens (tertiary/aromatic N) is 3. The summed E-state index contributed by atoms with van der Waals surface area (Å²) in [6, 6.07) is 7.59. The molecular formula is C16H13FN4O4S. The summed E-state index contributed by atoms with van der Waals surface area (Å²) in [6.45, 7) is 0. The van der Waals surface area contributed by atoms with E-state index < -0.39 is 27.3 Å². The number of anilines is 1. The van der Waals surface area contributed by atoms with Crippen molar-refractivity contribution in [1.29, 1.82) is 0 Å². The van der Waals surface area contributed by atoms with E-state index in [0.717, 1.165) is 24.3 Å². The molecule has 0 unspecified atom stereocenters. The largest absolute Gasteiger partial charge is 0.403 e. The van der Waals surface area contributed by atoms with Crippen molar-refractivity contribution in [3.05, 3.63) is 54.6 Å². The predicted molar refractivity (Wildman–Crippen MR) is 89.2 cm³/mol. The first-order valence-corrected chi connectivity index (χ1v) is 9.11. The molecular weight excluding hydrogens is 363 g/mol. The van der Waals surface area contributed by atoms with Gasteiger partial charge in [0.05, 0.1) is 10.6 Å². The van der Waals surface area contributed by atoms with Gasteiger partial charge in [0.2, 0.25) is 11.8 Å². The number of amides is 1. The van der Waals surface area contributed by atoms with Gasteiger partial charge in [-0.3, -0.25) is 15.1 Å². The number of carbonyl (C=O) groups excluding carboxylic acids is 1. The highest BCUT2D eigenvalue weighted by Gasteiger charge is 2.18. The molecule has 0 atom stereocenters. The first-order chi connectivity index (χ1) is 12.4. The number of hydrogen-bond donors (Lipinski definition) is 1. The fourth-order valence-corrected chi connectivity index (χ4v) is 3.29. The Kier molecular flexibility index (Phi) is 5.03. The van der Waals surface area contributed by atoms with Crippen molar-refractivity contribution >= 4 is 21.8 Å². The normalized spacial score (nSPS) is 11.3. The van der Waals surface area contributed by atoms with Gasteiger partial charge in [-0.1, -0.05) is 5.10 Å². The molecule has 1 amide bonds. The minimum Gasteiger partial charge on any atom is -0.403 e. The molecule has 26 heavy (non-hydrogen) atoms. The average molecular weight is 376 g/mol. The topological polar surface area (TPSA) is 115 Å². The minimum atomic E-state index is -3.70. The Hall–Kier alpha value is -3.14. The van der Waals surface area contributed by atoms with Crippen LogP contribution >= 0.6 is 0 Å². The molecule has 0 fully saturated rings. The van der Waals surface area contributed by atoms with Crippen molar-refractivity contribution in [3.63, 3.8) is 0 Å². The third-order valence-electron chi connectivity index (χ3n) is 3.37. The highest BCUT2D eigenvalue weighted by atomic mass is 32.2. The highest BCUT2D eigenvalue weighted by Crippen LogP contribution is 2.19. The fourth-order valence-electron chi connectivity index (χ4n) is 2.05. The SMILES string of the molecule is O=C(CCS(=O)(=O)c1ccc(F)cc1)Nc1nnc(-c2ccncc2)o1. The zero-order chi connectivity index (χ0) is 18.6. The van der Waals surface area contributed by atoms with E-state index in [1.54, 1.807) is 24.5 Å². The molecule has 0 saturated carbocycles. The van der Waals surface area contributed by atoms with Crippen LogP contribution in [0.5, 0.6) is 0 Å². The van der Waals surface area contributed by atoms with Gasteiger partial charge < -0.3 is 4.42 Å². The van der Waals surface area contributed by atoms with Crippen molar-refractivity contribution in [2.45, 2.75) is 11.3 Å². The lowest BCUT2D eigenvalue weighted by Crippen LogP contribution is -2.17. The van der Waals surface area contributed by atoms with E-state index in [9.17, 15) is 17.6 Å². The number of carbonyl (C=O) groups is 1. The molecule has 3 rings (SSSR count). The lowest BCUT2D eigenvalue weighted by atomic mass is 10.3. The summed E-state index contributed by atoms with van der Waals surface area (Å²) in [5.74, 6) is -1.37.